The minimum atomic E-state index is 0.478. The Morgan fingerprint density at radius 1 is 1.08 bits per heavy atom. The number of hydrogen-bond acceptors (Lipinski definition) is 7. The minimum Gasteiger partial charge on any atom is -0.354 e. The van der Waals surface area contributed by atoms with Crippen LogP contribution in [-0.2, 0) is 0 Å². The van der Waals surface area contributed by atoms with Gasteiger partial charge in [0.2, 0.25) is 0 Å². The zero-order chi connectivity index (χ0) is 16.4. The van der Waals surface area contributed by atoms with Gasteiger partial charge in [0.05, 0.1) is 11.8 Å². The fourth-order valence-corrected chi connectivity index (χ4v) is 3.46. The summed E-state index contributed by atoms with van der Waals surface area (Å²) >= 11 is 0. The van der Waals surface area contributed by atoms with Gasteiger partial charge in [0.1, 0.15) is 18.2 Å². The van der Waals surface area contributed by atoms with E-state index >= 15 is 0 Å². The molecule has 0 atom stereocenters. The van der Waals surface area contributed by atoms with Crippen LogP contribution in [-0.4, -0.2) is 45.3 Å². The Hall–Kier alpha value is -2.75. The van der Waals surface area contributed by atoms with E-state index in [-0.39, 0.29) is 0 Å². The zero-order valence-corrected chi connectivity index (χ0v) is 13.4. The summed E-state index contributed by atoms with van der Waals surface area (Å²) in [5.74, 6) is 1.74. The highest BCUT2D eigenvalue weighted by molar-refractivity contribution is 5.53. The van der Waals surface area contributed by atoms with Crippen molar-refractivity contribution < 1.29 is 0 Å². The van der Waals surface area contributed by atoms with Crippen molar-refractivity contribution in [2.24, 2.45) is 0 Å². The van der Waals surface area contributed by atoms with E-state index in [2.05, 4.69) is 36.0 Å². The number of rotatable bonds is 4. The Morgan fingerprint density at radius 2 is 1.88 bits per heavy atom. The third kappa shape index (κ3) is 2.87. The summed E-state index contributed by atoms with van der Waals surface area (Å²) in [7, 11) is 0. The highest BCUT2D eigenvalue weighted by atomic mass is 15.3. The van der Waals surface area contributed by atoms with E-state index in [1.165, 1.54) is 12.8 Å². The average molecular weight is 321 g/mol. The van der Waals surface area contributed by atoms with Crippen LogP contribution in [0.1, 0.15) is 31.2 Å². The number of piperidine rings is 1. The van der Waals surface area contributed by atoms with Crippen LogP contribution in [0.4, 0.5) is 11.6 Å². The molecule has 122 valence electrons. The molecule has 0 aromatic carbocycles. The fourth-order valence-electron chi connectivity index (χ4n) is 3.46. The van der Waals surface area contributed by atoms with E-state index in [1.807, 2.05) is 12.3 Å². The lowest BCUT2D eigenvalue weighted by atomic mass is 10.0. The quantitative estimate of drug-likeness (QED) is 0.849. The highest BCUT2D eigenvalue weighted by Crippen LogP contribution is 2.35. The van der Waals surface area contributed by atoms with Gasteiger partial charge in [-0.2, -0.15) is 10.4 Å². The van der Waals surface area contributed by atoms with Gasteiger partial charge in [-0.05, 0) is 37.8 Å². The van der Waals surface area contributed by atoms with Crippen LogP contribution in [0.3, 0.4) is 0 Å². The molecule has 3 heterocycles. The van der Waals surface area contributed by atoms with Gasteiger partial charge in [0.25, 0.3) is 0 Å². The van der Waals surface area contributed by atoms with E-state index in [1.54, 1.807) is 18.6 Å². The van der Waals surface area contributed by atoms with Gasteiger partial charge >= 0.3 is 0 Å². The molecular formula is C17H19N7. The predicted octanol–water partition coefficient (Wildman–Crippen LogP) is 1.78. The fraction of sp³-hybridized carbons (Fsp3) is 0.471. The smallest absolute Gasteiger partial charge is 0.169 e. The van der Waals surface area contributed by atoms with Gasteiger partial charge < -0.3 is 9.80 Å². The molecule has 7 nitrogen and oxygen atoms in total. The lowest BCUT2D eigenvalue weighted by Crippen LogP contribution is -2.46. The van der Waals surface area contributed by atoms with Crippen molar-refractivity contribution in [2.75, 3.05) is 22.9 Å². The first-order valence-electron chi connectivity index (χ1n) is 8.38. The van der Waals surface area contributed by atoms with E-state index in [9.17, 15) is 5.26 Å². The van der Waals surface area contributed by atoms with Crippen LogP contribution >= 0.6 is 0 Å². The van der Waals surface area contributed by atoms with Gasteiger partial charge in [-0.3, -0.25) is 0 Å². The second-order valence-electron chi connectivity index (χ2n) is 6.30. The molecule has 24 heavy (non-hydrogen) atoms. The number of hydrogen-bond donors (Lipinski definition) is 0. The number of anilines is 2. The van der Waals surface area contributed by atoms with Crippen LogP contribution in [0.5, 0.6) is 0 Å². The maximum Gasteiger partial charge on any atom is 0.169 e. The van der Waals surface area contributed by atoms with Crippen LogP contribution in [0.25, 0.3) is 0 Å². The van der Waals surface area contributed by atoms with Crippen LogP contribution in [0, 0.1) is 11.3 Å². The molecule has 0 N–H and O–H groups in total. The predicted molar refractivity (Wildman–Crippen MR) is 89.5 cm³/mol. The van der Waals surface area contributed by atoms with Crippen molar-refractivity contribution in [1.29, 1.82) is 5.26 Å². The van der Waals surface area contributed by atoms with Crippen molar-refractivity contribution in [1.82, 2.24) is 20.2 Å². The standard InChI is InChI=1S/C17H19N7/c18-11-13-3-8-21-22-17(13)23-9-5-15(6-10-23)24(14-1-2-14)16-4-7-19-12-20-16/h3-4,7-8,12,14-15H,1-2,5-6,9-10H2. The second-order valence-corrected chi connectivity index (χ2v) is 6.30. The molecule has 2 aromatic heterocycles. The maximum absolute atomic E-state index is 9.25. The summed E-state index contributed by atoms with van der Waals surface area (Å²) in [4.78, 5) is 13.1. The molecule has 1 saturated heterocycles. The van der Waals surface area contributed by atoms with Gasteiger partial charge in [-0.1, -0.05) is 0 Å². The first kappa shape index (κ1) is 14.8. The van der Waals surface area contributed by atoms with E-state index in [0.717, 1.165) is 31.7 Å². The first-order chi connectivity index (χ1) is 11.9. The van der Waals surface area contributed by atoms with Gasteiger partial charge in [0.15, 0.2) is 5.82 Å². The molecule has 1 saturated carbocycles. The Balaban J connectivity index is 1.48. The summed E-state index contributed by atoms with van der Waals surface area (Å²) in [5.41, 5.74) is 0.596. The molecule has 0 bridgehead atoms. The van der Waals surface area contributed by atoms with Crippen molar-refractivity contribution >= 4 is 11.6 Å². The van der Waals surface area contributed by atoms with Gasteiger partial charge in [-0.25, -0.2) is 9.97 Å². The molecule has 1 aliphatic carbocycles. The van der Waals surface area contributed by atoms with Crippen molar-refractivity contribution in [3.8, 4) is 6.07 Å². The normalized spacial score (nSPS) is 18.2. The van der Waals surface area contributed by atoms with E-state index in [0.29, 0.717) is 23.5 Å². The lowest BCUT2D eigenvalue weighted by Gasteiger charge is -2.39. The summed E-state index contributed by atoms with van der Waals surface area (Å²) < 4.78 is 0. The number of nitrogens with zero attached hydrogens (tertiary/aromatic N) is 7. The first-order valence-corrected chi connectivity index (χ1v) is 8.38. The molecule has 4 rings (SSSR count). The third-order valence-corrected chi connectivity index (χ3v) is 4.75. The van der Waals surface area contributed by atoms with Crippen molar-refractivity contribution in [2.45, 2.75) is 37.8 Å². The second kappa shape index (κ2) is 6.40. The van der Waals surface area contributed by atoms with E-state index in [4.69, 9.17) is 0 Å². The Bertz CT molecular complexity index is 730. The lowest BCUT2D eigenvalue weighted by molar-refractivity contribution is 0.456. The maximum atomic E-state index is 9.25. The Kier molecular flexibility index (Phi) is 3.95. The van der Waals surface area contributed by atoms with Crippen LogP contribution < -0.4 is 9.80 Å². The SMILES string of the molecule is N#Cc1ccnnc1N1CCC(N(c2ccncn2)C2CC2)CC1. The Morgan fingerprint density at radius 3 is 2.54 bits per heavy atom. The van der Waals surface area contributed by atoms with Crippen LogP contribution in [0.2, 0.25) is 0 Å². The van der Waals surface area contributed by atoms with E-state index < -0.39 is 0 Å². The highest BCUT2D eigenvalue weighted by Gasteiger charge is 2.36. The summed E-state index contributed by atoms with van der Waals surface area (Å²) in [6.45, 7) is 1.76. The van der Waals surface area contributed by atoms with Crippen LogP contribution in [0.15, 0.2) is 30.9 Å². The summed E-state index contributed by atoms with van der Waals surface area (Å²) in [5, 5.41) is 17.4. The van der Waals surface area contributed by atoms with Crippen molar-refractivity contribution in [3.05, 3.63) is 36.4 Å². The molecule has 0 unspecified atom stereocenters. The number of aromatic nitrogens is 4. The molecule has 0 spiro atoms. The molecular weight excluding hydrogens is 302 g/mol. The Labute approximate surface area is 141 Å². The molecule has 2 aliphatic rings. The van der Waals surface area contributed by atoms with Gasteiger partial charge in [-0.15, -0.1) is 5.10 Å². The number of nitriles is 1. The molecule has 2 fully saturated rings. The topological polar surface area (TPSA) is 81.8 Å². The molecule has 0 radical (unpaired) electrons. The monoisotopic (exact) mass is 321 g/mol. The minimum absolute atomic E-state index is 0.478. The molecule has 0 amide bonds. The third-order valence-electron chi connectivity index (χ3n) is 4.75. The van der Waals surface area contributed by atoms with Crippen molar-refractivity contribution in [3.63, 3.8) is 0 Å². The average Bonchev–Trinajstić information content (AvgIpc) is 3.48. The molecule has 7 heteroatoms. The van der Waals surface area contributed by atoms with Gasteiger partial charge in [0, 0.05) is 31.4 Å². The molecule has 1 aliphatic heterocycles. The molecule has 2 aromatic rings. The summed E-state index contributed by atoms with van der Waals surface area (Å²) in [6.07, 6.45) is 9.55. The zero-order valence-electron chi connectivity index (χ0n) is 13.4. The largest absolute Gasteiger partial charge is 0.354 e. The summed E-state index contributed by atoms with van der Waals surface area (Å²) in [6, 6.07) is 7.03.